The highest BCUT2D eigenvalue weighted by molar-refractivity contribution is 6.30. The first-order valence-corrected chi connectivity index (χ1v) is 9.06. The van der Waals surface area contributed by atoms with E-state index < -0.39 is 5.97 Å². The van der Waals surface area contributed by atoms with E-state index in [0.717, 1.165) is 12.0 Å². The van der Waals surface area contributed by atoms with E-state index >= 15 is 0 Å². The molecule has 0 aliphatic heterocycles. The number of anilines is 1. The number of carbonyl (C=O) groups excluding carboxylic acids is 1. The number of carboxylic acids is 1. The Kier molecular flexibility index (Phi) is 7.38. The number of halogens is 1. The molecule has 0 aliphatic carbocycles. The summed E-state index contributed by atoms with van der Waals surface area (Å²) in [6, 6.07) is 8.91. The number of nitrogens with zero attached hydrogens (tertiary/aromatic N) is 3. The maximum atomic E-state index is 11.0. The number of likely N-dealkylation sites (N-methyl/N-ethyl adjacent to an activating group) is 1. The Hall–Kier alpha value is -2.38. The summed E-state index contributed by atoms with van der Waals surface area (Å²) >= 11 is 5.88. The number of aromatic nitrogens is 2. The summed E-state index contributed by atoms with van der Waals surface area (Å²) in [6.07, 6.45) is 2.17. The molecule has 1 heterocycles. The van der Waals surface area contributed by atoms with Gasteiger partial charge in [0.2, 0.25) is 11.8 Å². The van der Waals surface area contributed by atoms with Gasteiger partial charge in [0, 0.05) is 36.1 Å². The molecule has 1 unspecified atom stereocenters. The van der Waals surface area contributed by atoms with Gasteiger partial charge in [-0.15, -0.1) is 0 Å². The number of nitrogens with one attached hydrogen (secondary N) is 1. The number of carbonyl (C=O) groups is 1. The van der Waals surface area contributed by atoms with E-state index in [1.165, 1.54) is 0 Å². The van der Waals surface area contributed by atoms with Crippen molar-refractivity contribution < 1.29 is 19.1 Å². The molecule has 1 N–H and O–H groups in total. The number of rotatable bonds is 10. The van der Waals surface area contributed by atoms with Crippen molar-refractivity contribution in [2.24, 2.45) is 0 Å². The minimum absolute atomic E-state index is 0.124. The van der Waals surface area contributed by atoms with Crippen LogP contribution >= 0.6 is 11.6 Å². The zero-order valence-corrected chi connectivity index (χ0v) is 16.6. The van der Waals surface area contributed by atoms with E-state index in [4.69, 9.17) is 16.3 Å². The van der Waals surface area contributed by atoms with Crippen LogP contribution in [0.2, 0.25) is 5.02 Å². The van der Waals surface area contributed by atoms with Gasteiger partial charge in [-0.2, -0.15) is 4.98 Å². The number of ether oxygens (including phenoxy) is 1. The lowest BCUT2D eigenvalue weighted by atomic mass is 10.2. The van der Waals surface area contributed by atoms with Crippen LogP contribution in [-0.4, -0.2) is 60.8 Å². The lowest BCUT2D eigenvalue weighted by Crippen LogP contribution is -2.46. The van der Waals surface area contributed by atoms with Gasteiger partial charge in [-0.3, -0.25) is 0 Å². The first-order valence-electron chi connectivity index (χ1n) is 8.68. The highest BCUT2D eigenvalue weighted by Crippen LogP contribution is 2.13. The summed E-state index contributed by atoms with van der Waals surface area (Å²) in [7, 11) is 5.96. The molecule has 146 valence electrons. The van der Waals surface area contributed by atoms with E-state index in [2.05, 4.69) is 15.3 Å². The predicted octanol–water partition coefficient (Wildman–Crippen LogP) is 1.38. The van der Waals surface area contributed by atoms with E-state index in [0.29, 0.717) is 34.5 Å². The maximum absolute atomic E-state index is 11.0. The monoisotopic (exact) mass is 392 g/mol. The van der Waals surface area contributed by atoms with Crippen LogP contribution in [0.3, 0.4) is 0 Å². The average Bonchev–Trinajstić information content (AvgIpc) is 2.55. The first kappa shape index (κ1) is 20.9. The Bertz CT molecular complexity index is 747. The fraction of sp³-hybridized carbons (Fsp3) is 0.421. The van der Waals surface area contributed by atoms with Crippen LogP contribution in [0.5, 0.6) is 5.88 Å². The van der Waals surface area contributed by atoms with Crippen molar-refractivity contribution in [3.8, 4) is 5.88 Å². The molecule has 8 heteroatoms. The summed E-state index contributed by atoms with van der Waals surface area (Å²) in [5.74, 6) is -0.353. The molecule has 7 nitrogen and oxygen atoms in total. The SMILES string of the molecule is C[N+](C)(C)CC(CC(=O)[O-])Nc1nccc(OCCc2ccc(Cl)cc2)n1. The molecule has 0 fully saturated rings. The number of quaternary nitrogens is 1. The normalized spacial score (nSPS) is 12.4. The summed E-state index contributed by atoms with van der Waals surface area (Å²) in [4.78, 5) is 19.5. The quantitative estimate of drug-likeness (QED) is 0.614. The van der Waals surface area contributed by atoms with Crippen LogP contribution in [0, 0.1) is 0 Å². The van der Waals surface area contributed by atoms with Crippen LogP contribution in [-0.2, 0) is 11.2 Å². The third-order valence-electron chi connectivity index (χ3n) is 3.70. The van der Waals surface area contributed by atoms with Gasteiger partial charge >= 0.3 is 0 Å². The topological polar surface area (TPSA) is 87.2 Å². The number of benzene rings is 1. The number of hydrogen-bond donors (Lipinski definition) is 1. The summed E-state index contributed by atoms with van der Waals surface area (Å²) in [5, 5.41) is 14.8. The number of hydrogen-bond acceptors (Lipinski definition) is 6. The zero-order chi connectivity index (χ0) is 19.9. The Morgan fingerprint density at radius 2 is 1.96 bits per heavy atom. The number of carboxylic acid groups (broad SMARTS) is 1. The minimum Gasteiger partial charge on any atom is -0.550 e. The lowest BCUT2D eigenvalue weighted by molar-refractivity contribution is -0.870. The van der Waals surface area contributed by atoms with Crippen molar-refractivity contribution in [2.45, 2.75) is 18.9 Å². The Morgan fingerprint density at radius 1 is 1.26 bits per heavy atom. The van der Waals surface area contributed by atoms with Crippen LogP contribution < -0.4 is 15.2 Å². The second-order valence-electron chi connectivity index (χ2n) is 7.33. The molecular weight excluding hydrogens is 368 g/mol. The highest BCUT2D eigenvalue weighted by Gasteiger charge is 2.19. The highest BCUT2D eigenvalue weighted by atomic mass is 35.5. The molecule has 2 rings (SSSR count). The fourth-order valence-corrected chi connectivity index (χ4v) is 2.75. The van der Waals surface area contributed by atoms with Gasteiger partial charge in [-0.25, -0.2) is 4.98 Å². The van der Waals surface area contributed by atoms with Crippen LogP contribution in [0.25, 0.3) is 0 Å². The van der Waals surface area contributed by atoms with Gasteiger partial charge in [0.1, 0.15) is 0 Å². The van der Waals surface area contributed by atoms with E-state index in [9.17, 15) is 9.90 Å². The van der Waals surface area contributed by atoms with Crippen molar-refractivity contribution in [3.63, 3.8) is 0 Å². The van der Waals surface area contributed by atoms with Gasteiger partial charge in [-0.05, 0) is 17.7 Å². The molecule has 27 heavy (non-hydrogen) atoms. The largest absolute Gasteiger partial charge is 0.550 e. The van der Waals surface area contributed by atoms with Gasteiger partial charge in [-0.1, -0.05) is 23.7 Å². The molecule has 0 aliphatic rings. The predicted molar refractivity (Wildman–Crippen MR) is 103 cm³/mol. The van der Waals surface area contributed by atoms with Crippen molar-refractivity contribution in [1.82, 2.24) is 9.97 Å². The zero-order valence-electron chi connectivity index (χ0n) is 15.8. The van der Waals surface area contributed by atoms with Gasteiger partial charge in [0.25, 0.3) is 0 Å². The minimum atomic E-state index is -1.11. The Labute approximate surface area is 164 Å². The van der Waals surface area contributed by atoms with Crippen molar-refractivity contribution >= 4 is 23.5 Å². The molecule has 0 amide bonds. The van der Waals surface area contributed by atoms with Crippen LogP contribution in [0.4, 0.5) is 5.95 Å². The molecule has 0 saturated carbocycles. The lowest BCUT2D eigenvalue weighted by Gasteiger charge is -2.30. The Balaban J connectivity index is 1.94. The van der Waals surface area contributed by atoms with Gasteiger partial charge in [0.15, 0.2) is 0 Å². The molecule has 2 aromatic rings. The second kappa shape index (κ2) is 9.53. The molecule has 0 bridgehead atoms. The van der Waals surface area contributed by atoms with Crippen molar-refractivity contribution in [1.29, 1.82) is 0 Å². The third-order valence-corrected chi connectivity index (χ3v) is 3.95. The summed E-state index contributed by atoms with van der Waals surface area (Å²) in [6.45, 7) is 1.04. The molecule has 0 radical (unpaired) electrons. The summed E-state index contributed by atoms with van der Waals surface area (Å²) < 4.78 is 6.29. The van der Waals surface area contributed by atoms with Crippen molar-refractivity contribution in [2.75, 3.05) is 39.6 Å². The smallest absolute Gasteiger partial charge is 0.226 e. The van der Waals surface area contributed by atoms with Crippen molar-refractivity contribution in [3.05, 3.63) is 47.1 Å². The molecule has 0 spiro atoms. The standard InChI is InChI=1S/C19H25ClN4O3/c1-24(2,3)13-16(12-18(25)26)22-19-21-10-8-17(23-19)27-11-9-14-4-6-15(20)7-5-14/h4-8,10,16H,9,11-13H2,1-3H3,(H-,21,22,23,25,26). The van der Waals surface area contributed by atoms with E-state index in [1.807, 2.05) is 45.4 Å². The average molecular weight is 393 g/mol. The maximum Gasteiger partial charge on any atom is 0.226 e. The Morgan fingerprint density at radius 3 is 2.59 bits per heavy atom. The van der Waals surface area contributed by atoms with E-state index in [-0.39, 0.29) is 12.5 Å². The van der Waals surface area contributed by atoms with E-state index in [1.54, 1.807) is 12.3 Å². The second-order valence-corrected chi connectivity index (χ2v) is 7.77. The number of aliphatic carboxylic acids is 1. The molecular formula is C19H25ClN4O3. The molecule has 1 atom stereocenters. The van der Waals surface area contributed by atoms with Gasteiger partial charge in [0.05, 0.1) is 40.3 Å². The third kappa shape index (κ3) is 8.23. The van der Waals surface area contributed by atoms with Crippen LogP contribution in [0.15, 0.2) is 36.5 Å². The molecule has 0 saturated heterocycles. The molecule has 1 aromatic heterocycles. The summed E-state index contributed by atoms with van der Waals surface area (Å²) in [5.41, 5.74) is 1.11. The fourth-order valence-electron chi connectivity index (χ4n) is 2.62. The first-order chi connectivity index (χ1) is 12.7. The van der Waals surface area contributed by atoms with Crippen LogP contribution in [0.1, 0.15) is 12.0 Å². The molecule has 1 aromatic carbocycles. The van der Waals surface area contributed by atoms with Gasteiger partial charge < -0.3 is 24.4 Å².